The van der Waals surface area contributed by atoms with Gasteiger partial charge in [-0.3, -0.25) is 4.79 Å². The van der Waals surface area contributed by atoms with Gasteiger partial charge in [-0.1, -0.05) is 29.8 Å². The van der Waals surface area contributed by atoms with Crippen LogP contribution in [-0.4, -0.2) is 5.91 Å². The van der Waals surface area contributed by atoms with Crippen molar-refractivity contribution in [3.63, 3.8) is 0 Å². The first-order chi connectivity index (χ1) is 9.79. The molecule has 2 rings (SSSR count). The van der Waals surface area contributed by atoms with Crippen LogP contribution in [0.5, 0.6) is 0 Å². The molecule has 0 atom stereocenters. The summed E-state index contributed by atoms with van der Waals surface area (Å²) in [5.41, 5.74) is -0.413. The van der Waals surface area contributed by atoms with Gasteiger partial charge in [-0.05, 0) is 36.8 Å². The van der Waals surface area contributed by atoms with Crippen molar-refractivity contribution in [1.82, 2.24) is 0 Å². The van der Waals surface area contributed by atoms with Gasteiger partial charge in [0.05, 0.1) is 16.1 Å². The lowest BCUT2D eigenvalue weighted by Gasteiger charge is -2.13. The molecule has 0 aliphatic carbocycles. The molecule has 110 valence electrons. The second-order valence-electron chi connectivity index (χ2n) is 4.46. The molecule has 1 N–H and O–H groups in total. The van der Waals surface area contributed by atoms with Gasteiger partial charge in [-0.25, -0.2) is 0 Å². The molecule has 21 heavy (non-hydrogen) atoms. The maximum atomic E-state index is 12.8. The smallest absolute Gasteiger partial charge is 0.322 e. The zero-order chi connectivity index (χ0) is 15.6. The van der Waals surface area contributed by atoms with E-state index in [4.69, 9.17) is 11.6 Å². The van der Waals surface area contributed by atoms with Crippen LogP contribution < -0.4 is 5.32 Å². The largest absolute Gasteiger partial charge is 0.416 e. The van der Waals surface area contributed by atoms with Crippen LogP contribution in [-0.2, 0) is 6.18 Å². The van der Waals surface area contributed by atoms with E-state index in [0.717, 1.165) is 6.07 Å². The van der Waals surface area contributed by atoms with E-state index in [1.807, 2.05) is 0 Å². The minimum Gasteiger partial charge on any atom is -0.322 e. The number of alkyl halides is 3. The Hall–Kier alpha value is -2.01. The first-order valence-electron chi connectivity index (χ1n) is 6.03. The van der Waals surface area contributed by atoms with Crippen molar-refractivity contribution in [1.29, 1.82) is 0 Å². The first kappa shape index (κ1) is 15.4. The average Bonchev–Trinajstić information content (AvgIpc) is 2.40. The molecule has 2 aromatic carbocycles. The zero-order valence-electron chi connectivity index (χ0n) is 11.0. The van der Waals surface area contributed by atoms with E-state index in [2.05, 4.69) is 5.32 Å². The van der Waals surface area contributed by atoms with Crippen LogP contribution in [0.2, 0.25) is 5.02 Å². The van der Waals surface area contributed by atoms with Crippen LogP contribution in [0.3, 0.4) is 0 Å². The van der Waals surface area contributed by atoms with Crippen molar-refractivity contribution in [2.24, 2.45) is 0 Å². The van der Waals surface area contributed by atoms with Crippen molar-refractivity contribution in [2.75, 3.05) is 5.32 Å². The Morgan fingerprint density at radius 1 is 1.14 bits per heavy atom. The van der Waals surface area contributed by atoms with Gasteiger partial charge in [-0.15, -0.1) is 0 Å². The molecule has 0 unspecified atom stereocenters. The van der Waals surface area contributed by atoms with Crippen molar-refractivity contribution >= 4 is 23.2 Å². The number of rotatable bonds is 2. The molecular weight excluding hydrogens is 303 g/mol. The summed E-state index contributed by atoms with van der Waals surface area (Å²) in [7, 11) is 0. The standard InChI is InChI=1S/C15H11ClF3NO/c1-9-6-7-10(8-12(9)15(17,18)19)20-14(21)11-4-2-3-5-13(11)16/h2-8H,1H3,(H,20,21). The number of anilines is 1. The molecule has 0 saturated carbocycles. The fraction of sp³-hybridized carbons (Fsp3) is 0.133. The summed E-state index contributed by atoms with van der Waals surface area (Å²) in [5.74, 6) is -0.558. The van der Waals surface area contributed by atoms with Gasteiger partial charge < -0.3 is 5.32 Å². The van der Waals surface area contributed by atoms with Gasteiger partial charge in [0.1, 0.15) is 0 Å². The van der Waals surface area contributed by atoms with Crippen LogP contribution in [0.25, 0.3) is 0 Å². The summed E-state index contributed by atoms with van der Waals surface area (Å²) in [6.07, 6.45) is -4.46. The highest BCUT2D eigenvalue weighted by atomic mass is 35.5. The number of aryl methyl sites for hydroxylation is 1. The predicted molar refractivity (Wildman–Crippen MR) is 75.6 cm³/mol. The molecule has 6 heteroatoms. The molecule has 0 aliphatic heterocycles. The van der Waals surface area contributed by atoms with E-state index in [9.17, 15) is 18.0 Å². The van der Waals surface area contributed by atoms with E-state index < -0.39 is 17.6 Å². The molecule has 0 aliphatic rings. The topological polar surface area (TPSA) is 29.1 Å². The summed E-state index contributed by atoms with van der Waals surface area (Å²) < 4.78 is 38.5. The van der Waals surface area contributed by atoms with Gasteiger partial charge in [0, 0.05) is 5.69 Å². The Morgan fingerprint density at radius 3 is 2.43 bits per heavy atom. The van der Waals surface area contributed by atoms with Crippen LogP contribution >= 0.6 is 11.6 Å². The molecule has 0 aromatic heterocycles. The van der Waals surface area contributed by atoms with Crippen molar-refractivity contribution in [2.45, 2.75) is 13.1 Å². The van der Waals surface area contributed by atoms with Gasteiger partial charge in [0.2, 0.25) is 0 Å². The third-order valence-electron chi connectivity index (χ3n) is 2.92. The molecule has 0 radical (unpaired) electrons. The molecular formula is C15H11ClF3NO. The van der Waals surface area contributed by atoms with E-state index >= 15 is 0 Å². The normalized spacial score (nSPS) is 11.3. The monoisotopic (exact) mass is 313 g/mol. The molecule has 0 fully saturated rings. The van der Waals surface area contributed by atoms with Crippen LogP contribution in [0.1, 0.15) is 21.5 Å². The minimum absolute atomic E-state index is 0.0674. The van der Waals surface area contributed by atoms with E-state index in [-0.39, 0.29) is 21.8 Å². The Bertz CT molecular complexity index is 683. The summed E-state index contributed by atoms with van der Waals surface area (Å²) in [4.78, 5) is 12.0. The number of benzene rings is 2. The Morgan fingerprint density at radius 2 is 1.81 bits per heavy atom. The number of nitrogens with one attached hydrogen (secondary N) is 1. The lowest BCUT2D eigenvalue weighted by molar-refractivity contribution is -0.138. The molecule has 0 spiro atoms. The zero-order valence-corrected chi connectivity index (χ0v) is 11.7. The number of carbonyl (C=O) groups excluding carboxylic acids is 1. The molecule has 2 nitrogen and oxygen atoms in total. The molecule has 0 heterocycles. The number of hydrogen-bond donors (Lipinski definition) is 1. The van der Waals surface area contributed by atoms with E-state index in [0.29, 0.717) is 0 Å². The molecule has 1 amide bonds. The van der Waals surface area contributed by atoms with Crippen LogP contribution in [0, 0.1) is 6.92 Å². The third kappa shape index (κ3) is 3.55. The number of hydrogen-bond acceptors (Lipinski definition) is 1. The van der Waals surface area contributed by atoms with Gasteiger partial charge in [-0.2, -0.15) is 13.2 Å². The minimum atomic E-state index is -4.46. The fourth-order valence-corrected chi connectivity index (χ4v) is 2.07. The highest BCUT2D eigenvalue weighted by Crippen LogP contribution is 2.33. The van der Waals surface area contributed by atoms with Crippen molar-refractivity contribution in [3.8, 4) is 0 Å². The Labute approximate surface area is 124 Å². The lowest BCUT2D eigenvalue weighted by atomic mass is 10.1. The van der Waals surface area contributed by atoms with Crippen molar-refractivity contribution in [3.05, 3.63) is 64.2 Å². The first-order valence-corrected chi connectivity index (χ1v) is 6.40. The van der Waals surface area contributed by atoms with Crippen LogP contribution in [0.15, 0.2) is 42.5 Å². The SMILES string of the molecule is Cc1ccc(NC(=O)c2ccccc2Cl)cc1C(F)(F)F. The van der Waals surface area contributed by atoms with Gasteiger partial charge in [0.25, 0.3) is 5.91 Å². The number of amides is 1. The van der Waals surface area contributed by atoms with E-state index in [1.165, 1.54) is 31.2 Å². The maximum absolute atomic E-state index is 12.8. The fourth-order valence-electron chi connectivity index (χ4n) is 1.85. The van der Waals surface area contributed by atoms with Crippen molar-refractivity contribution < 1.29 is 18.0 Å². The molecule has 0 bridgehead atoms. The summed E-state index contributed by atoms with van der Waals surface area (Å²) in [6.45, 7) is 1.36. The maximum Gasteiger partial charge on any atom is 0.416 e. The summed E-state index contributed by atoms with van der Waals surface area (Å²) in [5, 5.41) is 2.65. The Balaban J connectivity index is 2.29. The third-order valence-corrected chi connectivity index (χ3v) is 3.25. The van der Waals surface area contributed by atoms with Gasteiger partial charge >= 0.3 is 6.18 Å². The van der Waals surface area contributed by atoms with Gasteiger partial charge in [0.15, 0.2) is 0 Å². The van der Waals surface area contributed by atoms with E-state index in [1.54, 1.807) is 12.1 Å². The highest BCUT2D eigenvalue weighted by Gasteiger charge is 2.32. The molecule has 2 aromatic rings. The predicted octanol–water partition coefficient (Wildman–Crippen LogP) is 4.92. The summed E-state index contributed by atoms with van der Waals surface area (Å²) >= 11 is 5.87. The quantitative estimate of drug-likeness (QED) is 0.837. The molecule has 0 saturated heterocycles. The lowest BCUT2D eigenvalue weighted by Crippen LogP contribution is -2.14. The second-order valence-corrected chi connectivity index (χ2v) is 4.87. The highest BCUT2D eigenvalue weighted by molar-refractivity contribution is 6.34. The number of carbonyl (C=O) groups is 1. The Kier molecular flexibility index (Phi) is 4.23. The average molecular weight is 314 g/mol. The van der Waals surface area contributed by atoms with Crippen LogP contribution in [0.4, 0.5) is 18.9 Å². The number of halogens is 4. The second kappa shape index (κ2) is 5.77. The summed E-state index contributed by atoms with van der Waals surface area (Å²) in [6, 6.07) is 9.95.